The molecule has 0 saturated heterocycles. The molecular formula is C15H16BrN. The Kier molecular flexibility index (Phi) is 3.65. The van der Waals surface area contributed by atoms with Crippen LogP contribution in [0.5, 0.6) is 0 Å². The average molecular weight is 290 g/mol. The smallest absolute Gasteiger partial charge is 0.0277 e. The van der Waals surface area contributed by atoms with E-state index in [0.29, 0.717) is 0 Å². The summed E-state index contributed by atoms with van der Waals surface area (Å²) in [6.45, 7) is 4.10. The van der Waals surface area contributed by atoms with Crippen molar-refractivity contribution in [2.75, 3.05) is 0 Å². The maximum atomic E-state index is 5.96. The minimum absolute atomic E-state index is 0.0368. The van der Waals surface area contributed by atoms with E-state index in [-0.39, 0.29) is 6.04 Å². The third-order valence-corrected chi connectivity index (χ3v) is 3.59. The summed E-state index contributed by atoms with van der Waals surface area (Å²) in [4.78, 5) is 0. The zero-order valence-corrected chi connectivity index (χ0v) is 11.7. The zero-order chi connectivity index (χ0) is 12.4. The second-order valence-electron chi connectivity index (χ2n) is 4.39. The van der Waals surface area contributed by atoms with Crippen molar-refractivity contribution in [3.8, 4) is 11.1 Å². The van der Waals surface area contributed by atoms with Crippen molar-refractivity contribution in [3.05, 3.63) is 58.1 Å². The molecule has 2 rings (SSSR count). The first-order valence-electron chi connectivity index (χ1n) is 5.70. The van der Waals surface area contributed by atoms with Crippen LogP contribution in [-0.2, 0) is 0 Å². The van der Waals surface area contributed by atoms with Crippen molar-refractivity contribution < 1.29 is 0 Å². The van der Waals surface area contributed by atoms with Gasteiger partial charge in [0.15, 0.2) is 0 Å². The predicted molar refractivity (Wildman–Crippen MR) is 76.9 cm³/mol. The molecule has 0 radical (unpaired) electrons. The highest BCUT2D eigenvalue weighted by atomic mass is 79.9. The molecule has 0 bridgehead atoms. The molecule has 1 nitrogen and oxygen atoms in total. The van der Waals surface area contributed by atoms with Crippen LogP contribution in [0, 0.1) is 6.92 Å². The Balaban J connectivity index is 2.46. The van der Waals surface area contributed by atoms with E-state index < -0.39 is 0 Å². The van der Waals surface area contributed by atoms with Gasteiger partial charge in [-0.25, -0.2) is 0 Å². The molecule has 17 heavy (non-hydrogen) atoms. The minimum Gasteiger partial charge on any atom is -0.324 e. The number of nitrogens with two attached hydrogens (primary N) is 1. The summed E-state index contributed by atoms with van der Waals surface area (Å²) in [6, 6.07) is 14.9. The summed E-state index contributed by atoms with van der Waals surface area (Å²) in [6.07, 6.45) is 0. The van der Waals surface area contributed by atoms with Crippen molar-refractivity contribution in [2.45, 2.75) is 19.9 Å². The van der Waals surface area contributed by atoms with Crippen molar-refractivity contribution in [2.24, 2.45) is 5.73 Å². The second kappa shape index (κ2) is 5.03. The van der Waals surface area contributed by atoms with Crippen LogP contribution in [-0.4, -0.2) is 0 Å². The molecule has 0 aliphatic heterocycles. The lowest BCUT2D eigenvalue weighted by atomic mass is 10.00. The Hall–Kier alpha value is -1.12. The van der Waals surface area contributed by atoms with Gasteiger partial charge in [0.05, 0.1) is 0 Å². The maximum absolute atomic E-state index is 5.96. The Morgan fingerprint density at radius 1 is 1.00 bits per heavy atom. The van der Waals surface area contributed by atoms with Gasteiger partial charge in [-0.05, 0) is 42.7 Å². The van der Waals surface area contributed by atoms with Gasteiger partial charge in [-0.15, -0.1) is 0 Å². The van der Waals surface area contributed by atoms with Crippen LogP contribution in [0.15, 0.2) is 46.9 Å². The van der Waals surface area contributed by atoms with Crippen molar-refractivity contribution in [3.63, 3.8) is 0 Å². The topological polar surface area (TPSA) is 26.0 Å². The molecule has 0 spiro atoms. The predicted octanol–water partition coefficient (Wildman–Crippen LogP) is 4.44. The van der Waals surface area contributed by atoms with E-state index in [2.05, 4.69) is 65.3 Å². The van der Waals surface area contributed by atoms with Crippen LogP contribution in [0.25, 0.3) is 11.1 Å². The lowest BCUT2D eigenvalue weighted by molar-refractivity contribution is 0.814. The van der Waals surface area contributed by atoms with Crippen LogP contribution in [0.1, 0.15) is 24.1 Å². The van der Waals surface area contributed by atoms with E-state index in [9.17, 15) is 0 Å². The largest absolute Gasteiger partial charge is 0.324 e. The molecule has 88 valence electrons. The van der Waals surface area contributed by atoms with Crippen LogP contribution in [0.2, 0.25) is 0 Å². The molecule has 2 heteroatoms. The van der Waals surface area contributed by atoms with E-state index in [1.165, 1.54) is 16.7 Å². The number of hydrogen-bond donors (Lipinski definition) is 1. The third-order valence-electron chi connectivity index (χ3n) is 2.87. The van der Waals surface area contributed by atoms with Gasteiger partial charge in [0.1, 0.15) is 0 Å². The molecule has 0 amide bonds. The van der Waals surface area contributed by atoms with Gasteiger partial charge in [-0.2, -0.15) is 0 Å². The minimum atomic E-state index is 0.0368. The van der Waals surface area contributed by atoms with Crippen LogP contribution in [0.3, 0.4) is 0 Å². The van der Waals surface area contributed by atoms with Crippen molar-refractivity contribution in [1.29, 1.82) is 0 Å². The SMILES string of the molecule is Cc1ccc(-c2ccc(Br)c(C(C)N)c2)cc1. The number of halogens is 1. The second-order valence-corrected chi connectivity index (χ2v) is 5.25. The first kappa shape index (κ1) is 12.3. The van der Waals surface area contributed by atoms with E-state index in [1.807, 2.05) is 6.92 Å². The van der Waals surface area contributed by atoms with E-state index in [0.717, 1.165) is 10.0 Å². The fourth-order valence-electron chi connectivity index (χ4n) is 1.82. The van der Waals surface area contributed by atoms with Gasteiger partial charge in [-0.1, -0.05) is 51.8 Å². The quantitative estimate of drug-likeness (QED) is 0.869. The molecule has 2 aromatic rings. The average Bonchev–Trinajstić information content (AvgIpc) is 2.30. The molecule has 1 atom stereocenters. The maximum Gasteiger partial charge on any atom is 0.0277 e. The molecule has 2 N–H and O–H groups in total. The summed E-state index contributed by atoms with van der Waals surface area (Å²) >= 11 is 3.54. The Labute approximate surface area is 111 Å². The van der Waals surface area contributed by atoms with E-state index >= 15 is 0 Å². The van der Waals surface area contributed by atoms with Crippen molar-refractivity contribution in [1.82, 2.24) is 0 Å². The van der Waals surface area contributed by atoms with E-state index in [4.69, 9.17) is 5.73 Å². The molecule has 0 saturated carbocycles. The fraction of sp³-hybridized carbons (Fsp3) is 0.200. The molecular weight excluding hydrogens is 274 g/mol. The highest BCUT2D eigenvalue weighted by Gasteiger charge is 2.07. The Morgan fingerprint density at radius 2 is 1.59 bits per heavy atom. The Bertz CT molecular complexity index is 515. The summed E-state index contributed by atoms with van der Waals surface area (Å²) in [7, 11) is 0. The molecule has 0 heterocycles. The Morgan fingerprint density at radius 3 is 2.18 bits per heavy atom. The molecule has 0 fully saturated rings. The molecule has 1 unspecified atom stereocenters. The van der Waals surface area contributed by atoms with Crippen LogP contribution in [0.4, 0.5) is 0 Å². The van der Waals surface area contributed by atoms with E-state index in [1.54, 1.807) is 0 Å². The standard InChI is InChI=1S/C15H16BrN/c1-10-3-5-12(6-4-10)13-7-8-15(16)14(9-13)11(2)17/h3-9,11H,17H2,1-2H3. The van der Waals surface area contributed by atoms with Gasteiger partial charge >= 0.3 is 0 Å². The van der Waals surface area contributed by atoms with Gasteiger partial charge in [0, 0.05) is 10.5 Å². The normalized spacial score (nSPS) is 12.5. The molecule has 0 aliphatic carbocycles. The summed E-state index contributed by atoms with van der Waals surface area (Å²) < 4.78 is 1.07. The lowest BCUT2D eigenvalue weighted by Gasteiger charge is -2.11. The van der Waals surface area contributed by atoms with Gasteiger partial charge in [0.25, 0.3) is 0 Å². The van der Waals surface area contributed by atoms with Gasteiger partial charge < -0.3 is 5.73 Å². The highest BCUT2D eigenvalue weighted by molar-refractivity contribution is 9.10. The van der Waals surface area contributed by atoms with Crippen molar-refractivity contribution >= 4 is 15.9 Å². The van der Waals surface area contributed by atoms with Crippen LogP contribution < -0.4 is 5.73 Å². The first-order chi connectivity index (χ1) is 8.08. The highest BCUT2D eigenvalue weighted by Crippen LogP contribution is 2.28. The summed E-state index contributed by atoms with van der Waals surface area (Å²) in [5.74, 6) is 0. The fourth-order valence-corrected chi connectivity index (χ4v) is 2.43. The van der Waals surface area contributed by atoms with Gasteiger partial charge in [0.2, 0.25) is 0 Å². The molecule has 0 aliphatic rings. The van der Waals surface area contributed by atoms with Crippen LogP contribution >= 0.6 is 15.9 Å². The number of aryl methyl sites for hydroxylation is 1. The van der Waals surface area contributed by atoms with Gasteiger partial charge in [-0.3, -0.25) is 0 Å². The third kappa shape index (κ3) is 2.76. The number of rotatable bonds is 2. The first-order valence-corrected chi connectivity index (χ1v) is 6.49. The molecule has 2 aromatic carbocycles. The monoisotopic (exact) mass is 289 g/mol. The number of benzene rings is 2. The lowest BCUT2D eigenvalue weighted by Crippen LogP contribution is -2.05. The molecule has 0 aromatic heterocycles. The summed E-state index contributed by atoms with van der Waals surface area (Å²) in [5, 5.41) is 0. The number of hydrogen-bond acceptors (Lipinski definition) is 1. The summed E-state index contributed by atoms with van der Waals surface area (Å²) in [5.41, 5.74) is 10.8. The zero-order valence-electron chi connectivity index (χ0n) is 10.1.